The minimum atomic E-state index is 0.641. The van der Waals surface area contributed by atoms with Crippen LogP contribution in [0.25, 0.3) is 0 Å². The van der Waals surface area contributed by atoms with E-state index in [-0.39, 0.29) is 0 Å². The highest BCUT2D eigenvalue weighted by Crippen LogP contribution is 1.97. The lowest BCUT2D eigenvalue weighted by Gasteiger charge is -2.04. The molecular weight excluding hydrogens is 126 g/mol. The van der Waals surface area contributed by atoms with E-state index in [4.69, 9.17) is 0 Å². The molecule has 2 nitrogen and oxygen atoms in total. The van der Waals surface area contributed by atoms with E-state index < -0.39 is 0 Å². The molecule has 2 heteroatoms. The Morgan fingerprint density at radius 3 is 2.50 bits per heavy atom. The molecule has 0 aliphatic heterocycles. The van der Waals surface area contributed by atoms with Crippen LogP contribution in [0.15, 0.2) is 24.4 Å². The number of nitrogens with zero attached hydrogens (tertiary/aromatic N) is 1. The molecule has 0 N–H and O–H groups in total. The average Bonchev–Trinajstić information content (AvgIpc) is 1.86. The normalized spacial score (nSPS) is 10.8. The smallest absolute Gasteiger partial charge is 0.147 e. The van der Waals surface area contributed by atoms with Crippen LogP contribution in [0.2, 0.25) is 0 Å². The molecule has 0 saturated carbocycles. The minimum Gasteiger partial charge on any atom is -0.383 e. The van der Waals surface area contributed by atoms with Gasteiger partial charge in [-0.1, -0.05) is 6.08 Å². The highest BCUT2D eigenvalue weighted by Gasteiger charge is 1.90. The third-order valence-electron chi connectivity index (χ3n) is 0.955. The van der Waals surface area contributed by atoms with Crippen LogP contribution < -0.4 is 0 Å². The van der Waals surface area contributed by atoms with E-state index in [0.717, 1.165) is 11.9 Å². The Morgan fingerprint density at radius 2 is 2.20 bits per heavy atom. The number of rotatable bonds is 4. The number of aldehydes is 1. The average molecular weight is 139 g/mol. The second-order valence-electron chi connectivity index (χ2n) is 2.28. The fraction of sp³-hybridized carbons (Fsp3) is 0.375. The van der Waals surface area contributed by atoms with Gasteiger partial charge in [-0.2, -0.15) is 0 Å². The van der Waals surface area contributed by atoms with Crippen molar-refractivity contribution in [2.24, 2.45) is 0 Å². The first kappa shape index (κ1) is 8.95. The van der Waals surface area contributed by atoms with Crippen LogP contribution in [0.1, 0.15) is 6.42 Å². The fourth-order valence-electron chi connectivity index (χ4n) is 0.630. The molecule has 0 aromatic carbocycles. The highest BCUT2D eigenvalue weighted by atomic mass is 16.1. The maximum atomic E-state index is 10.3. The Bertz CT molecular complexity index is 147. The van der Waals surface area contributed by atoms with Gasteiger partial charge in [-0.3, -0.25) is 4.79 Å². The van der Waals surface area contributed by atoms with Crippen LogP contribution in [0.4, 0.5) is 0 Å². The van der Waals surface area contributed by atoms with E-state index in [1.165, 1.54) is 0 Å². The predicted molar refractivity (Wildman–Crippen MR) is 42.6 cm³/mol. The van der Waals surface area contributed by atoms with Crippen LogP contribution >= 0.6 is 0 Å². The third-order valence-corrected chi connectivity index (χ3v) is 0.955. The zero-order valence-corrected chi connectivity index (χ0v) is 6.50. The molecule has 0 aromatic rings. The lowest BCUT2D eigenvalue weighted by Crippen LogP contribution is -2.03. The number of hydrogen-bond acceptors (Lipinski definition) is 2. The number of allylic oxidation sites excluding steroid dienone is 2. The Balaban J connectivity index is 4.02. The maximum absolute atomic E-state index is 10.3. The van der Waals surface area contributed by atoms with Crippen molar-refractivity contribution < 1.29 is 4.79 Å². The van der Waals surface area contributed by atoms with Gasteiger partial charge in [-0.25, -0.2) is 0 Å². The summed E-state index contributed by atoms with van der Waals surface area (Å²) in [6, 6.07) is 0. The molecule has 0 saturated heterocycles. The molecule has 0 aliphatic rings. The molecule has 0 fully saturated rings. The summed E-state index contributed by atoms with van der Waals surface area (Å²) in [4.78, 5) is 12.1. The standard InChI is InChI=1S/C8H13NO/c1-4-5-8(7-10)6-9(2)3/h4,6-7H,1,5H2,2-3H3/b8-6+. The van der Waals surface area contributed by atoms with Gasteiger partial charge in [-0.15, -0.1) is 6.58 Å². The first-order valence-electron chi connectivity index (χ1n) is 3.14. The summed E-state index contributed by atoms with van der Waals surface area (Å²) in [5.41, 5.74) is 0.750. The SMILES string of the molecule is C=CC/C(C=O)=C\N(C)C. The monoisotopic (exact) mass is 139 g/mol. The minimum absolute atomic E-state index is 0.641. The maximum Gasteiger partial charge on any atom is 0.147 e. The molecule has 0 heterocycles. The summed E-state index contributed by atoms with van der Waals surface area (Å²) in [6.07, 6.45) is 4.99. The van der Waals surface area contributed by atoms with Crippen molar-refractivity contribution in [2.45, 2.75) is 6.42 Å². The molecule has 0 aliphatic carbocycles. The lowest BCUT2D eigenvalue weighted by atomic mass is 10.2. The molecule has 56 valence electrons. The summed E-state index contributed by atoms with van der Waals surface area (Å²) in [5.74, 6) is 0. The topological polar surface area (TPSA) is 20.3 Å². The van der Waals surface area contributed by atoms with E-state index >= 15 is 0 Å². The van der Waals surface area contributed by atoms with Crippen molar-refractivity contribution in [3.63, 3.8) is 0 Å². The van der Waals surface area contributed by atoms with Crippen LogP contribution in [0.3, 0.4) is 0 Å². The molecule has 0 spiro atoms. The molecular formula is C8H13NO. The van der Waals surface area contributed by atoms with Crippen molar-refractivity contribution in [2.75, 3.05) is 14.1 Å². The number of hydrogen-bond donors (Lipinski definition) is 0. The molecule has 0 bridgehead atoms. The van der Waals surface area contributed by atoms with Crippen molar-refractivity contribution in [3.05, 3.63) is 24.4 Å². The number of carbonyl (C=O) groups excluding carboxylic acids is 1. The third kappa shape index (κ3) is 3.89. The lowest BCUT2D eigenvalue weighted by molar-refractivity contribution is -0.105. The first-order chi connectivity index (χ1) is 4.70. The van der Waals surface area contributed by atoms with E-state index in [1.807, 2.05) is 19.0 Å². The summed E-state index contributed by atoms with van der Waals surface area (Å²) >= 11 is 0. The molecule has 10 heavy (non-hydrogen) atoms. The largest absolute Gasteiger partial charge is 0.383 e. The van der Waals surface area contributed by atoms with Crippen LogP contribution in [0, 0.1) is 0 Å². The van der Waals surface area contributed by atoms with Gasteiger partial charge in [0, 0.05) is 25.9 Å². The Morgan fingerprint density at radius 1 is 1.60 bits per heavy atom. The summed E-state index contributed by atoms with van der Waals surface area (Å²) in [6.45, 7) is 3.54. The van der Waals surface area contributed by atoms with Gasteiger partial charge < -0.3 is 4.90 Å². The van der Waals surface area contributed by atoms with Crippen molar-refractivity contribution in [1.82, 2.24) is 4.90 Å². The van der Waals surface area contributed by atoms with E-state index in [2.05, 4.69) is 6.58 Å². The van der Waals surface area contributed by atoms with Gasteiger partial charge in [0.05, 0.1) is 0 Å². The zero-order valence-electron chi connectivity index (χ0n) is 6.50. The fourth-order valence-corrected chi connectivity index (χ4v) is 0.630. The van der Waals surface area contributed by atoms with Gasteiger partial charge >= 0.3 is 0 Å². The van der Waals surface area contributed by atoms with E-state index in [1.54, 1.807) is 12.3 Å². The summed E-state index contributed by atoms with van der Waals surface area (Å²) in [5, 5.41) is 0. The quantitative estimate of drug-likeness (QED) is 0.331. The van der Waals surface area contributed by atoms with Gasteiger partial charge in [0.25, 0.3) is 0 Å². The second kappa shape index (κ2) is 4.79. The van der Waals surface area contributed by atoms with E-state index in [9.17, 15) is 4.79 Å². The Kier molecular flexibility index (Phi) is 4.29. The molecule has 0 aromatic heterocycles. The molecule has 0 radical (unpaired) electrons. The Labute approximate surface area is 61.8 Å². The summed E-state index contributed by atoms with van der Waals surface area (Å²) in [7, 11) is 3.76. The summed E-state index contributed by atoms with van der Waals surface area (Å²) < 4.78 is 0. The van der Waals surface area contributed by atoms with Gasteiger partial charge in [0.15, 0.2) is 0 Å². The van der Waals surface area contributed by atoms with Crippen molar-refractivity contribution in [3.8, 4) is 0 Å². The molecule has 0 amide bonds. The molecule has 0 atom stereocenters. The zero-order chi connectivity index (χ0) is 7.98. The van der Waals surface area contributed by atoms with Crippen LogP contribution in [-0.4, -0.2) is 25.3 Å². The van der Waals surface area contributed by atoms with Gasteiger partial charge in [-0.05, 0) is 6.42 Å². The van der Waals surface area contributed by atoms with Crippen LogP contribution in [0.5, 0.6) is 0 Å². The molecule has 0 unspecified atom stereocenters. The Hall–Kier alpha value is -1.05. The number of carbonyl (C=O) groups is 1. The van der Waals surface area contributed by atoms with Gasteiger partial charge in [0.1, 0.15) is 6.29 Å². The van der Waals surface area contributed by atoms with Crippen LogP contribution in [-0.2, 0) is 4.79 Å². The second-order valence-corrected chi connectivity index (χ2v) is 2.28. The van der Waals surface area contributed by atoms with E-state index in [0.29, 0.717) is 6.42 Å². The van der Waals surface area contributed by atoms with Crippen molar-refractivity contribution in [1.29, 1.82) is 0 Å². The molecule has 0 rings (SSSR count). The van der Waals surface area contributed by atoms with Gasteiger partial charge in [0.2, 0.25) is 0 Å². The van der Waals surface area contributed by atoms with Crippen molar-refractivity contribution >= 4 is 6.29 Å². The predicted octanol–water partition coefficient (Wildman–Crippen LogP) is 1.21. The highest BCUT2D eigenvalue weighted by molar-refractivity contribution is 5.73. The first-order valence-corrected chi connectivity index (χ1v) is 3.14.